The van der Waals surface area contributed by atoms with Crippen LogP contribution in [0.4, 0.5) is 18.9 Å². The minimum atomic E-state index is -4.52. The number of methoxy groups -OCH3 is 1. The summed E-state index contributed by atoms with van der Waals surface area (Å²) in [5.41, 5.74) is -1.02. The van der Waals surface area contributed by atoms with Crippen molar-refractivity contribution >= 4 is 17.5 Å². The van der Waals surface area contributed by atoms with Crippen LogP contribution in [0.15, 0.2) is 24.3 Å². The fourth-order valence-corrected chi connectivity index (χ4v) is 1.54. The minimum absolute atomic E-state index is 0.107. The number of ether oxygens (including phenoxy) is 1. The zero-order valence-electron chi connectivity index (χ0n) is 11.5. The summed E-state index contributed by atoms with van der Waals surface area (Å²) in [5.74, 6) is -1.99. The van der Waals surface area contributed by atoms with E-state index in [0.29, 0.717) is 0 Å². The lowest BCUT2D eigenvalue weighted by Gasteiger charge is -2.13. The van der Waals surface area contributed by atoms with Gasteiger partial charge in [0.1, 0.15) is 0 Å². The molecule has 1 aromatic rings. The summed E-state index contributed by atoms with van der Waals surface area (Å²) in [6, 6.07) is 3.64. The van der Waals surface area contributed by atoms with Crippen LogP contribution in [0.5, 0.6) is 0 Å². The molecule has 0 spiro atoms. The first-order valence-electron chi connectivity index (χ1n) is 6.02. The van der Waals surface area contributed by atoms with Gasteiger partial charge in [0.25, 0.3) is 0 Å². The van der Waals surface area contributed by atoms with E-state index in [1.54, 1.807) is 6.92 Å². The first kappa shape index (κ1) is 17.0. The van der Waals surface area contributed by atoms with Gasteiger partial charge >= 0.3 is 18.0 Å². The zero-order valence-corrected chi connectivity index (χ0v) is 11.5. The smallest absolute Gasteiger partial charge is 0.383 e. The summed E-state index contributed by atoms with van der Waals surface area (Å²) in [4.78, 5) is 23.1. The van der Waals surface area contributed by atoms with Gasteiger partial charge in [-0.2, -0.15) is 13.2 Å². The number of amides is 2. The third kappa shape index (κ3) is 5.42. The van der Waals surface area contributed by atoms with Crippen molar-refractivity contribution in [2.24, 2.45) is 0 Å². The van der Waals surface area contributed by atoms with Gasteiger partial charge in [0.2, 0.25) is 0 Å². The Morgan fingerprint density at radius 1 is 1.29 bits per heavy atom. The molecule has 1 aromatic carbocycles. The number of anilines is 1. The molecule has 2 N–H and O–H groups in total. The number of carbonyl (C=O) groups excluding carboxylic acids is 2. The number of alkyl halides is 3. The number of halogens is 3. The Morgan fingerprint density at radius 2 is 1.95 bits per heavy atom. The van der Waals surface area contributed by atoms with Crippen molar-refractivity contribution in [3.63, 3.8) is 0 Å². The molecule has 0 aliphatic rings. The largest absolute Gasteiger partial charge is 0.416 e. The standard InChI is InChI=1S/C13H15F3N2O3/c1-8(7-21-2)17-11(19)12(20)18-10-5-3-4-9(6-10)13(14,15)16/h3-6,8H,7H2,1-2H3,(H,17,19)(H,18,20)/t8-/m1/s1. The zero-order chi connectivity index (χ0) is 16.0. The maximum absolute atomic E-state index is 12.5. The SMILES string of the molecule is COC[C@@H](C)NC(=O)C(=O)Nc1cccc(C(F)(F)F)c1. The summed E-state index contributed by atoms with van der Waals surface area (Å²) in [7, 11) is 1.44. The third-order valence-electron chi connectivity index (χ3n) is 2.45. The molecule has 0 heterocycles. The number of hydrogen-bond donors (Lipinski definition) is 2. The molecule has 21 heavy (non-hydrogen) atoms. The average molecular weight is 304 g/mol. The molecular weight excluding hydrogens is 289 g/mol. The Kier molecular flexibility index (Phi) is 5.71. The van der Waals surface area contributed by atoms with Crippen LogP contribution >= 0.6 is 0 Å². The third-order valence-corrected chi connectivity index (χ3v) is 2.45. The highest BCUT2D eigenvalue weighted by atomic mass is 19.4. The second-order valence-electron chi connectivity index (χ2n) is 4.36. The van der Waals surface area contributed by atoms with E-state index in [4.69, 9.17) is 4.74 Å². The maximum Gasteiger partial charge on any atom is 0.416 e. The van der Waals surface area contributed by atoms with E-state index in [1.807, 2.05) is 0 Å². The summed E-state index contributed by atoms with van der Waals surface area (Å²) in [6.07, 6.45) is -4.52. The van der Waals surface area contributed by atoms with Crippen LogP contribution in [-0.4, -0.2) is 31.6 Å². The average Bonchev–Trinajstić information content (AvgIpc) is 2.38. The first-order valence-corrected chi connectivity index (χ1v) is 6.02. The summed E-state index contributed by atoms with van der Waals surface area (Å²) < 4.78 is 42.3. The van der Waals surface area contributed by atoms with Gasteiger partial charge in [-0.05, 0) is 25.1 Å². The van der Waals surface area contributed by atoms with Gasteiger partial charge in [-0.15, -0.1) is 0 Å². The lowest BCUT2D eigenvalue weighted by atomic mass is 10.2. The summed E-state index contributed by atoms with van der Waals surface area (Å²) in [5, 5.41) is 4.46. The van der Waals surface area contributed by atoms with Gasteiger partial charge in [-0.3, -0.25) is 9.59 Å². The van der Waals surface area contributed by atoms with E-state index in [2.05, 4.69) is 10.6 Å². The van der Waals surface area contributed by atoms with E-state index in [9.17, 15) is 22.8 Å². The van der Waals surface area contributed by atoms with Crippen LogP contribution in [-0.2, 0) is 20.5 Å². The van der Waals surface area contributed by atoms with Crippen molar-refractivity contribution in [1.82, 2.24) is 5.32 Å². The molecular formula is C13H15F3N2O3. The number of benzene rings is 1. The topological polar surface area (TPSA) is 67.4 Å². The van der Waals surface area contributed by atoms with Gasteiger partial charge in [0.15, 0.2) is 0 Å². The van der Waals surface area contributed by atoms with E-state index < -0.39 is 29.6 Å². The molecule has 0 unspecified atom stereocenters. The monoisotopic (exact) mass is 304 g/mol. The highest BCUT2D eigenvalue weighted by molar-refractivity contribution is 6.39. The minimum Gasteiger partial charge on any atom is -0.383 e. The molecule has 0 fully saturated rings. The predicted octanol–water partition coefficient (Wildman–Crippen LogP) is 1.79. The van der Waals surface area contributed by atoms with Crippen LogP contribution < -0.4 is 10.6 Å². The predicted molar refractivity (Wildman–Crippen MR) is 69.6 cm³/mol. The second kappa shape index (κ2) is 7.07. The molecule has 0 aromatic heterocycles. The Hall–Kier alpha value is -2.09. The molecule has 0 radical (unpaired) electrons. The van der Waals surface area contributed by atoms with Crippen molar-refractivity contribution in [1.29, 1.82) is 0 Å². The van der Waals surface area contributed by atoms with Crippen molar-refractivity contribution < 1.29 is 27.5 Å². The molecule has 0 saturated carbocycles. The Morgan fingerprint density at radius 3 is 2.52 bits per heavy atom. The normalized spacial score (nSPS) is 12.6. The van der Waals surface area contributed by atoms with Crippen LogP contribution in [0, 0.1) is 0 Å². The number of hydrogen-bond acceptors (Lipinski definition) is 3. The van der Waals surface area contributed by atoms with Crippen molar-refractivity contribution in [2.75, 3.05) is 19.0 Å². The molecule has 1 rings (SSSR count). The lowest BCUT2D eigenvalue weighted by molar-refractivity contribution is -0.137. The molecule has 2 amide bonds. The molecule has 0 saturated heterocycles. The van der Waals surface area contributed by atoms with Crippen LogP contribution in [0.2, 0.25) is 0 Å². The number of rotatable bonds is 4. The molecule has 116 valence electrons. The van der Waals surface area contributed by atoms with Crippen molar-refractivity contribution in [3.8, 4) is 0 Å². The Balaban J connectivity index is 2.69. The van der Waals surface area contributed by atoms with Gasteiger partial charge in [0, 0.05) is 18.8 Å². The van der Waals surface area contributed by atoms with E-state index in [0.717, 1.165) is 18.2 Å². The quantitative estimate of drug-likeness (QED) is 0.834. The molecule has 0 aliphatic carbocycles. The molecule has 0 aliphatic heterocycles. The first-order chi connectivity index (χ1) is 9.74. The fourth-order valence-electron chi connectivity index (χ4n) is 1.54. The highest BCUT2D eigenvalue weighted by Crippen LogP contribution is 2.30. The number of carbonyl (C=O) groups is 2. The molecule has 0 bridgehead atoms. The molecule has 1 atom stereocenters. The Bertz CT molecular complexity index is 518. The number of nitrogens with one attached hydrogen (secondary N) is 2. The second-order valence-corrected chi connectivity index (χ2v) is 4.36. The van der Waals surface area contributed by atoms with Crippen LogP contribution in [0.1, 0.15) is 12.5 Å². The van der Waals surface area contributed by atoms with Crippen LogP contribution in [0.25, 0.3) is 0 Å². The van der Waals surface area contributed by atoms with Crippen molar-refractivity contribution in [2.45, 2.75) is 19.1 Å². The van der Waals surface area contributed by atoms with Gasteiger partial charge in [0.05, 0.1) is 12.2 Å². The maximum atomic E-state index is 12.5. The molecule has 5 nitrogen and oxygen atoms in total. The molecule has 8 heteroatoms. The van der Waals surface area contributed by atoms with Crippen LogP contribution in [0.3, 0.4) is 0 Å². The van der Waals surface area contributed by atoms with Gasteiger partial charge < -0.3 is 15.4 Å². The van der Waals surface area contributed by atoms with E-state index in [1.165, 1.54) is 13.2 Å². The van der Waals surface area contributed by atoms with Gasteiger partial charge in [-0.1, -0.05) is 6.07 Å². The van der Waals surface area contributed by atoms with E-state index in [-0.39, 0.29) is 12.3 Å². The van der Waals surface area contributed by atoms with E-state index >= 15 is 0 Å². The van der Waals surface area contributed by atoms with Gasteiger partial charge in [-0.25, -0.2) is 0 Å². The lowest BCUT2D eigenvalue weighted by Crippen LogP contribution is -2.42. The Labute approximate surface area is 119 Å². The summed E-state index contributed by atoms with van der Waals surface area (Å²) >= 11 is 0. The van der Waals surface area contributed by atoms with Crippen molar-refractivity contribution in [3.05, 3.63) is 29.8 Å². The summed E-state index contributed by atoms with van der Waals surface area (Å²) in [6.45, 7) is 1.83. The highest BCUT2D eigenvalue weighted by Gasteiger charge is 2.30. The fraction of sp³-hybridized carbons (Fsp3) is 0.385.